The van der Waals surface area contributed by atoms with E-state index in [1.54, 1.807) is 18.2 Å². The van der Waals surface area contributed by atoms with Crippen molar-refractivity contribution in [3.05, 3.63) is 63.6 Å². The van der Waals surface area contributed by atoms with Crippen molar-refractivity contribution in [2.75, 3.05) is 6.61 Å². The molecule has 0 aromatic heterocycles. The molecule has 0 saturated carbocycles. The van der Waals surface area contributed by atoms with Crippen molar-refractivity contribution >= 4 is 27.5 Å². The van der Waals surface area contributed by atoms with Crippen LogP contribution in [0.25, 0.3) is 0 Å². The molecular formula is C16H14BrClF2O. The monoisotopic (exact) mass is 374 g/mol. The van der Waals surface area contributed by atoms with Crippen LogP contribution in [-0.4, -0.2) is 6.61 Å². The van der Waals surface area contributed by atoms with Gasteiger partial charge in [0.1, 0.15) is 17.4 Å². The molecule has 0 N–H and O–H groups in total. The van der Waals surface area contributed by atoms with Gasteiger partial charge in [-0.3, -0.25) is 0 Å². The van der Waals surface area contributed by atoms with E-state index >= 15 is 0 Å². The summed E-state index contributed by atoms with van der Waals surface area (Å²) in [5.41, 5.74) is 0.949. The van der Waals surface area contributed by atoms with Crippen molar-refractivity contribution in [3.8, 4) is 5.75 Å². The number of hydrogen-bond acceptors (Lipinski definition) is 1. The standard InChI is InChI=1S/C16H14BrClF2O/c1-2-7-21-15-6-3-10(8-13(15)17)16(18)12-5-4-11(19)9-14(12)20/h3-6,8-9,16H,2,7H2,1H3. The third-order valence-electron chi connectivity index (χ3n) is 2.95. The molecule has 0 aliphatic rings. The fourth-order valence-corrected chi connectivity index (χ4v) is 2.71. The molecule has 1 nitrogen and oxygen atoms in total. The van der Waals surface area contributed by atoms with Gasteiger partial charge in [-0.1, -0.05) is 19.1 Å². The van der Waals surface area contributed by atoms with Crippen LogP contribution in [0.1, 0.15) is 29.8 Å². The van der Waals surface area contributed by atoms with Crippen LogP contribution >= 0.6 is 27.5 Å². The minimum absolute atomic E-state index is 0.243. The minimum atomic E-state index is -0.692. The van der Waals surface area contributed by atoms with Crippen LogP contribution < -0.4 is 4.74 Å². The van der Waals surface area contributed by atoms with Crippen LogP contribution in [0.5, 0.6) is 5.75 Å². The molecule has 0 saturated heterocycles. The second-order valence-corrected chi connectivity index (χ2v) is 5.86. The average molecular weight is 376 g/mol. The fourth-order valence-electron chi connectivity index (χ4n) is 1.89. The Balaban J connectivity index is 2.27. The molecule has 5 heteroatoms. The van der Waals surface area contributed by atoms with E-state index in [-0.39, 0.29) is 5.56 Å². The Bertz CT molecular complexity index is 634. The Labute approximate surface area is 136 Å². The van der Waals surface area contributed by atoms with Crippen LogP contribution in [0.15, 0.2) is 40.9 Å². The number of halogens is 4. The van der Waals surface area contributed by atoms with Gasteiger partial charge >= 0.3 is 0 Å². The Morgan fingerprint density at radius 1 is 1.19 bits per heavy atom. The summed E-state index contributed by atoms with van der Waals surface area (Å²) in [6.45, 7) is 2.64. The van der Waals surface area contributed by atoms with Crippen molar-refractivity contribution in [1.29, 1.82) is 0 Å². The maximum Gasteiger partial charge on any atom is 0.133 e. The highest BCUT2D eigenvalue weighted by atomic mass is 79.9. The number of hydrogen-bond donors (Lipinski definition) is 0. The van der Waals surface area contributed by atoms with E-state index in [4.69, 9.17) is 16.3 Å². The lowest BCUT2D eigenvalue weighted by molar-refractivity contribution is 0.315. The van der Waals surface area contributed by atoms with Crippen LogP contribution in [-0.2, 0) is 0 Å². The normalized spacial score (nSPS) is 12.2. The molecule has 0 amide bonds. The lowest BCUT2D eigenvalue weighted by atomic mass is 10.0. The first-order valence-corrected chi connectivity index (χ1v) is 7.77. The molecule has 0 fully saturated rings. The SMILES string of the molecule is CCCOc1ccc(C(Cl)c2ccc(F)cc2F)cc1Br. The zero-order chi connectivity index (χ0) is 15.4. The molecule has 0 heterocycles. The molecule has 2 rings (SSSR count). The molecule has 1 atom stereocenters. The van der Waals surface area contributed by atoms with Gasteiger partial charge in [0.15, 0.2) is 0 Å². The van der Waals surface area contributed by atoms with Gasteiger partial charge < -0.3 is 4.74 Å². The third-order valence-corrected chi connectivity index (χ3v) is 4.05. The van der Waals surface area contributed by atoms with Crippen molar-refractivity contribution in [2.45, 2.75) is 18.7 Å². The molecule has 0 bridgehead atoms. The Kier molecular flexibility index (Phi) is 5.59. The zero-order valence-electron chi connectivity index (χ0n) is 11.4. The molecule has 21 heavy (non-hydrogen) atoms. The maximum absolute atomic E-state index is 13.8. The van der Waals surface area contributed by atoms with Crippen molar-refractivity contribution in [3.63, 3.8) is 0 Å². The second-order valence-electron chi connectivity index (χ2n) is 4.57. The highest BCUT2D eigenvalue weighted by Gasteiger charge is 2.17. The number of benzene rings is 2. The van der Waals surface area contributed by atoms with E-state index in [9.17, 15) is 8.78 Å². The van der Waals surface area contributed by atoms with E-state index in [0.29, 0.717) is 17.9 Å². The molecule has 2 aromatic carbocycles. The average Bonchev–Trinajstić information content (AvgIpc) is 2.45. The van der Waals surface area contributed by atoms with E-state index in [2.05, 4.69) is 15.9 Å². The molecule has 1 unspecified atom stereocenters. The molecule has 0 radical (unpaired) electrons. The maximum atomic E-state index is 13.8. The van der Waals surface area contributed by atoms with Crippen LogP contribution in [0, 0.1) is 11.6 Å². The Morgan fingerprint density at radius 3 is 2.57 bits per heavy atom. The largest absolute Gasteiger partial charge is 0.492 e. The molecule has 0 aliphatic carbocycles. The third kappa shape index (κ3) is 3.95. The fraction of sp³-hybridized carbons (Fsp3) is 0.250. The van der Waals surface area contributed by atoms with Gasteiger partial charge in [0.05, 0.1) is 16.5 Å². The summed E-state index contributed by atoms with van der Waals surface area (Å²) in [5, 5.41) is -0.692. The van der Waals surface area contributed by atoms with Crippen molar-refractivity contribution in [2.24, 2.45) is 0 Å². The highest BCUT2D eigenvalue weighted by molar-refractivity contribution is 9.10. The van der Waals surface area contributed by atoms with E-state index in [0.717, 1.165) is 17.0 Å². The Morgan fingerprint density at radius 2 is 1.95 bits per heavy atom. The first-order chi connectivity index (χ1) is 10.0. The number of alkyl halides is 1. The summed E-state index contributed by atoms with van der Waals surface area (Å²) in [6, 6.07) is 8.73. The van der Waals surface area contributed by atoms with Gasteiger partial charge in [-0.05, 0) is 46.1 Å². The highest BCUT2D eigenvalue weighted by Crippen LogP contribution is 2.35. The van der Waals surface area contributed by atoms with Gasteiger partial charge in [-0.2, -0.15) is 0 Å². The summed E-state index contributed by atoms with van der Waals surface area (Å²) in [5.74, 6) is -0.564. The van der Waals surface area contributed by atoms with E-state index in [1.165, 1.54) is 12.1 Å². The van der Waals surface area contributed by atoms with Gasteiger partial charge in [-0.15, -0.1) is 11.6 Å². The molecule has 112 valence electrons. The van der Waals surface area contributed by atoms with Crippen LogP contribution in [0.3, 0.4) is 0 Å². The molecule has 0 aliphatic heterocycles. The van der Waals surface area contributed by atoms with E-state index < -0.39 is 17.0 Å². The summed E-state index contributed by atoms with van der Waals surface area (Å²) < 4.78 is 33.0. The lowest BCUT2D eigenvalue weighted by Gasteiger charge is -2.14. The second kappa shape index (κ2) is 7.23. The zero-order valence-corrected chi connectivity index (χ0v) is 13.7. The van der Waals surface area contributed by atoms with Crippen LogP contribution in [0.2, 0.25) is 0 Å². The van der Waals surface area contributed by atoms with Crippen LogP contribution in [0.4, 0.5) is 8.78 Å². The van der Waals surface area contributed by atoms with Crippen molar-refractivity contribution in [1.82, 2.24) is 0 Å². The first-order valence-electron chi connectivity index (χ1n) is 6.54. The first kappa shape index (κ1) is 16.2. The smallest absolute Gasteiger partial charge is 0.133 e. The van der Waals surface area contributed by atoms with Gasteiger partial charge in [-0.25, -0.2) is 8.78 Å². The lowest BCUT2D eigenvalue weighted by Crippen LogP contribution is -2.00. The topological polar surface area (TPSA) is 9.23 Å². The predicted octanol–water partition coefficient (Wildman–Crippen LogP) is 5.84. The number of rotatable bonds is 5. The predicted molar refractivity (Wildman–Crippen MR) is 84.0 cm³/mol. The van der Waals surface area contributed by atoms with Gasteiger partial charge in [0, 0.05) is 11.6 Å². The molecule has 2 aromatic rings. The minimum Gasteiger partial charge on any atom is -0.492 e. The molecular weight excluding hydrogens is 362 g/mol. The summed E-state index contributed by atoms with van der Waals surface area (Å²) in [6.07, 6.45) is 0.910. The van der Waals surface area contributed by atoms with Crippen molar-refractivity contribution < 1.29 is 13.5 Å². The Hall–Kier alpha value is -1.13. The number of ether oxygens (including phenoxy) is 1. The summed E-state index contributed by atoms with van der Waals surface area (Å²) in [7, 11) is 0. The van der Waals surface area contributed by atoms with Gasteiger partial charge in [0.25, 0.3) is 0 Å². The molecule has 0 spiro atoms. The quantitative estimate of drug-likeness (QED) is 0.596. The summed E-state index contributed by atoms with van der Waals surface area (Å²) >= 11 is 9.70. The van der Waals surface area contributed by atoms with Gasteiger partial charge in [0.2, 0.25) is 0 Å². The summed E-state index contributed by atoms with van der Waals surface area (Å²) in [4.78, 5) is 0. The van der Waals surface area contributed by atoms with E-state index in [1.807, 2.05) is 6.92 Å².